The van der Waals surface area contributed by atoms with E-state index in [1.165, 1.54) is 0 Å². The van der Waals surface area contributed by atoms with Crippen molar-refractivity contribution < 1.29 is 19.1 Å². The average molecular weight is 291 g/mol. The number of ether oxygens (including phenoxy) is 1. The van der Waals surface area contributed by atoms with E-state index >= 15 is 0 Å². The van der Waals surface area contributed by atoms with Gasteiger partial charge in [0, 0.05) is 6.61 Å². The van der Waals surface area contributed by atoms with Crippen molar-refractivity contribution in [3.63, 3.8) is 0 Å². The number of benzene rings is 1. The van der Waals surface area contributed by atoms with Gasteiger partial charge in [0.1, 0.15) is 12.6 Å². The van der Waals surface area contributed by atoms with Gasteiger partial charge in [0.2, 0.25) is 5.91 Å². The standard InChI is InChI=1S/C14H17N3O4/c1-3-21-8-12(18)16-10-6-4-5-7-11(10)17-13(19)9(2)15-14(17)20/h4-7,9H,3,8H2,1-2H3,(H,15,20)(H,16,18). The molecule has 1 atom stereocenters. The van der Waals surface area contributed by atoms with Gasteiger partial charge < -0.3 is 15.4 Å². The van der Waals surface area contributed by atoms with Gasteiger partial charge in [-0.15, -0.1) is 0 Å². The van der Waals surface area contributed by atoms with Crippen LogP contribution in [0.5, 0.6) is 0 Å². The lowest BCUT2D eigenvalue weighted by Gasteiger charge is -2.17. The fourth-order valence-corrected chi connectivity index (χ4v) is 1.99. The fraction of sp³-hybridized carbons (Fsp3) is 0.357. The molecule has 7 nitrogen and oxygen atoms in total. The first-order valence-electron chi connectivity index (χ1n) is 6.65. The minimum absolute atomic E-state index is 0.0820. The fourth-order valence-electron chi connectivity index (χ4n) is 1.99. The molecule has 112 valence electrons. The first-order chi connectivity index (χ1) is 10.0. The van der Waals surface area contributed by atoms with Crippen molar-refractivity contribution in [2.45, 2.75) is 19.9 Å². The lowest BCUT2D eigenvalue weighted by molar-refractivity contribution is -0.120. The van der Waals surface area contributed by atoms with Gasteiger partial charge in [-0.2, -0.15) is 0 Å². The Morgan fingerprint density at radius 2 is 2.10 bits per heavy atom. The van der Waals surface area contributed by atoms with Crippen LogP contribution in [0.2, 0.25) is 0 Å². The molecular weight excluding hydrogens is 274 g/mol. The van der Waals surface area contributed by atoms with E-state index < -0.39 is 12.1 Å². The first-order valence-corrected chi connectivity index (χ1v) is 6.65. The molecule has 2 rings (SSSR count). The van der Waals surface area contributed by atoms with Gasteiger partial charge in [0.05, 0.1) is 11.4 Å². The zero-order valence-corrected chi connectivity index (χ0v) is 11.9. The summed E-state index contributed by atoms with van der Waals surface area (Å²) in [7, 11) is 0. The van der Waals surface area contributed by atoms with Gasteiger partial charge in [-0.1, -0.05) is 12.1 Å². The summed E-state index contributed by atoms with van der Waals surface area (Å²) < 4.78 is 5.02. The second-order valence-corrected chi connectivity index (χ2v) is 4.55. The summed E-state index contributed by atoms with van der Waals surface area (Å²) in [5, 5.41) is 5.17. The second-order valence-electron chi connectivity index (χ2n) is 4.55. The lowest BCUT2D eigenvalue weighted by Crippen LogP contribution is -2.32. The molecule has 2 N–H and O–H groups in total. The van der Waals surface area contributed by atoms with Crippen molar-refractivity contribution in [2.24, 2.45) is 0 Å². The van der Waals surface area contributed by atoms with E-state index in [4.69, 9.17) is 4.74 Å². The van der Waals surface area contributed by atoms with Gasteiger partial charge in [0.15, 0.2) is 0 Å². The Morgan fingerprint density at radius 3 is 2.71 bits per heavy atom. The Morgan fingerprint density at radius 1 is 1.38 bits per heavy atom. The minimum atomic E-state index is -0.579. The van der Waals surface area contributed by atoms with Gasteiger partial charge in [-0.05, 0) is 26.0 Å². The number of rotatable bonds is 5. The topological polar surface area (TPSA) is 87.7 Å². The van der Waals surface area contributed by atoms with Crippen LogP contribution in [-0.2, 0) is 14.3 Å². The lowest BCUT2D eigenvalue weighted by atomic mass is 10.2. The number of hydrogen-bond donors (Lipinski definition) is 2. The molecule has 1 aromatic carbocycles. The van der Waals surface area contributed by atoms with E-state index in [-0.39, 0.29) is 18.4 Å². The minimum Gasteiger partial charge on any atom is -0.372 e. The molecule has 1 saturated heterocycles. The quantitative estimate of drug-likeness (QED) is 0.795. The third kappa shape index (κ3) is 3.19. The molecule has 1 heterocycles. The number of carbonyl (C=O) groups is 3. The van der Waals surface area contributed by atoms with E-state index in [0.29, 0.717) is 18.0 Å². The molecule has 0 saturated carbocycles. The Labute approximate surface area is 122 Å². The van der Waals surface area contributed by atoms with Crippen molar-refractivity contribution in [1.82, 2.24) is 5.32 Å². The van der Waals surface area contributed by atoms with Crippen LogP contribution >= 0.6 is 0 Å². The second kappa shape index (κ2) is 6.36. The molecule has 0 aliphatic carbocycles. The number of imide groups is 1. The smallest absolute Gasteiger partial charge is 0.329 e. The number of nitrogens with zero attached hydrogens (tertiary/aromatic N) is 1. The number of hydrogen-bond acceptors (Lipinski definition) is 4. The molecule has 1 aliphatic heterocycles. The number of para-hydroxylation sites is 2. The highest BCUT2D eigenvalue weighted by atomic mass is 16.5. The molecule has 1 fully saturated rings. The normalized spacial score (nSPS) is 17.8. The number of urea groups is 1. The van der Waals surface area contributed by atoms with Crippen molar-refractivity contribution in [1.29, 1.82) is 0 Å². The summed E-state index contributed by atoms with van der Waals surface area (Å²) in [4.78, 5) is 36.6. The van der Waals surface area contributed by atoms with Crippen LogP contribution in [0.1, 0.15) is 13.8 Å². The monoisotopic (exact) mass is 291 g/mol. The zero-order valence-electron chi connectivity index (χ0n) is 11.9. The maximum Gasteiger partial charge on any atom is 0.329 e. The van der Waals surface area contributed by atoms with Gasteiger partial charge in [-0.25, -0.2) is 9.69 Å². The van der Waals surface area contributed by atoms with E-state index in [0.717, 1.165) is 4.90 Å². The van der Waals surface area contributed by atoms with Crippen LogP contribution < -0.4 is 15.5 Å². The highest BCUT2D eigenvalue weighted by Gasteiger charge is 2.37. The predicted octanol–water partition coefficient (Wildman–Crippen LogP) is 1.11. The molecule has 21 heavy (non-hydrogen) atoms. The van der Waals surface area contributed by atoms with Gasteiger partial charge in [-0.3, -0.25) is 9.59 Å². The summed E-state index contributed by atoms with van der Waals surface area (Å²) in [6, 6.07) is 5.55. The number of amides is 4. The molecule has 1 aromatic rings. The summed E-state index contributed by atoms with van der Waals surface area (Å²) >= 11 is 0. The number of carbonyl (C=O) groups excluding carboxylic acids is 3. The van der Waals surface area contributed by atoms with Crippen LogP contribution in [0.3, 0.4) is 0 Å². The Hall–Kier alpha value is -2.41. The molecular formula is C14H17N3O4. The predicted molar refractivity (Wildman–Crippen MR) is 77.0 cm³/mol. The maximum atomic E-state index is 12.0. The summed E-state index contributed by atoms with van der Waals surface area (Å²) in [5.41, 5.74) is 0.731. The first kappa shape index (κ1) is 15.0. The van der Waals surface area contributed by atoms with E-state index in [9.17, 15) is 14.4 Å². The third-order valence-corrected chi connectivity index (χ3v) is 2.99. The van der Waals surface area contributed by atoms with Crippen molar-refractivity contribution in [2.75, 3.05) is 23.4 Å². The summed E-state index contributed by atoms with van der Waals surface area (Å²) in [5.74, 6) is -0.698. The summed E-state index contributed by atoms with van der Waals surface area (Å²) in [6.45, 7) is 3.74. The molecule has 1 unspecified atom stereocenters. The number of anilines is 2. The number of nitrogens with one attached hydrogen (secondary N) is 2. The molecule has 0 bridgehead atoms. The van der Waals surface area contributed by atoms with Gasteiger partial charge in [0.25, 0.3) is 5.91 Å². The molecule has 0 spiro atoms. The van der Waals surface area contributed by atoms with Crippen LogP contribution in [0, 0.1) is 0 Å². The largest absolute Gasteiger partial charge is 0.372 e. The molecule has 4 amide bonds. The van der Waals surface area contributed by atoms with E-state index in [2.05, 4.69) is 10.6 Å². The van der Waals surface area contributed by atoms with E-state index in [1.54, 1.807) is 38.1 Å². The average Bonchev–Trinajstić information content (AvgIpc) is 2.71. The molecule has 0 aromatic heterocycles. The van der Waals surface area contributed by atoms with Crippen LogP contribution in [0.25, 0.3) is 0 Å². The molecule has 0 radical (unpaired) electrons. The maximum absolute atomic E-state index is 12.0. The Bertz CT molecular complexity index is 573. The van der Waals surface area contributed by atoms with Crippen molar-refractivity contribution >= 4 is 29.2 Å². The van der Waals surface area contributed by atoms with Crippen molar-refractivity contribution in [3.8, 4) is 0 Å². The summed E-state index contributed by atoms with van der Waals surface area (Å²) in [6.07, 6.45) is 0. The van der Waals surface area contributed by atoms with E-state index in [1.807, 2.05) is 0 Å². The molecule has 1 aliphatic rings. The van der Waals surface area contributed by atoms with Crippen LogP contribution in [0.4, 0.5) is 16.2 Å². The Kier molecular flexibility index (Phi) is 4.54. The molecule has 7 heteroatoms. The highest BCUT2D eigenvalue weighted by Crippen LogP contribution is 2.28. The van der Waals surface area contributed by atoms with Gasteiger partial charge >= 0.3 is 6.03 Å². The van der Waals surface area contributed by atoms with Crippen LogP contribution in [0.15, 0.2) is 24.3 Å². The third-order valence-electron chi connectivity index (χ3n) is 2.99. The van der Waals surface area contributed by atoms with Crippen molar-refractivity contribution in [3.05, 3.63) is 24.3 Å². The highest BCUT2D eigenvalue weighted by molar-refractivity contribution is 6.23. The Balaban J connectivity index is 2.23. The van der Waals surface area contributed by atoms with Crippen LogP contribution in [-0.4, -0.2) is 37.1 Å². The SMILES string of the molecule is CCOCC(=O)Nc1ccccc1N1C(=O)NC(C)C1=O. The zero-order chi connectivity index (χ0) is 15.4.